The summed E-state index contributed by atoms with van der Waals surface area (Å²) < 4.78 is 14.6. The highest BCUT2D eigenvalue weighted by Gasteiger charge is 2.17. The normalized spacial score (nSPS) is 11.0. The molecule has 0 unspecified atom stereocenters. The van der Waals surface area contributed by atoms with E-state index >= 15 is 0 Å². The quantitative estimate of drug-likeness (QED) is 0.727. The fraction of sp³-hybridized carbons (Fsp3) is 0.0667. The molecule has 1 aromatic heterocycles. The Kier molecular flexibility index (Phi) is 3.46. The van der Waals surface area contributed by atoms with Crippen molar-refractivity contribution in [3.63, 3.8) is 0 Å². The average molecular weight is 320 g/mol. The zero-order valence-electron chi connectivity index (χ0n) is 11.3. The van der Waals surface area contributed by atoms with E-state index in [1.54, 1.807) is 18.2 Å². The first-order valence-corrected chi connectivity index (χ1v) is 6.77. The van der Waals surface area contributed by atoms with Gasteiger partial charge in [0.2, 0.25) is 0 Å². The Labute approximate surface area is 129 Å². The number of nitrogen functional groups attached to an aromatic ring is 1. The van der Waals surface area contributed by atoms with E-state index in [9.17, 15) is 14.3 Å². The number of carboxylic acid groups (broad SMARTS) is 1. The smallest absolute Gasteiger partial charge is 0.357 e. The van der Waals surface area contributed by atoms with Crippen molar-refractivity contribution in [2.75, 3.05) is 5.73 Å². The second kappa shape index (κ2) is 5.31. The van der Waals surface area contributed by atoms with Gasteiger partial charge in [-0.2, -0.15) is 5.10 Å². The lowest BCUT2D eigenvalue weighted by Crippen LogP contribution is -2.05. The minimum atomic E-state index is -1.13. The second-order valence-corrected chi connectivity index (χ2v) is 5.23. The van der Waals surface area contributed by atoms with Gasteiger partial charge in [-0.15, -0.1) is 0 Å². The van der Waals surface area contributed by atoms with Crippen LogP contribution in [0, 0.1) is 5.82 Å². The molecule has 5 nitrogen and oxygen atoms in total. The summed E-state index contributed by atoms with van der Waals surface area (Å²) in [6, 6.07) is 8.91. The van der Waals surface area contributed by atoms with Crippen molar-refractivity contribution >= 4 is 34.2 Å². The Hall–Kier alpha value is -2.60. The highest BCUT2D eigenvalue weighted by molar-refractivity contribution is 6.31. The third-order valence-corrected chi connectivity index (χ3v) is 3.67. The van der Waals surface area contributed by atoms with Crippen molar-refractivity contribution < 1.29 is 14.3 Å². The van der Waals surface area contributed by atoms with Crippen LogP contribution in [0.3, 0.4) is 0 Å². The largest absolute Gasteiger partial charge is 0.476 e. The standard InChI is InChI=1S/C15H11ClFN3O2/c16-12-5-9(17)2-1-8(12)7-20-13-6-10(18)3-4-11(13)14(19-20)15(21)22/h1-6H,7,18H2,(H,21,22). The highest BCUT2D eigenvalue weighted by atomic mass is 35.5. The fourth-order valence-corrected chi connectivity index (χ4v) is 2.51. The fourth-order valence-electron chi connectivity index (χ4n) is 2.28. The Morgan fingerprint density at radius 1 is 1.32 bits per heavy atom. The van der Waals surface area contributed by atoms with Crippen LogP contribution in [0.15, 0.2) is 36.4 Å². The number of aromatic nitrogens is 2. The third-order valence-electron chi connectivity index (χ3n) is 3.31. The van der Waals surface area contributed by atoms with Gasteiger partial charge in [0.25, 0.3) is 0 Å². The van der Waals surface area contributed by atoms with E-state index < -0.39 is 11.8 Å². The van der Waals surface area contributed by atoms with E-state index in [-0.39, 0.29) is 17.3 Å². The molecule has 0 saturated heterocycles. The van der Waals surface area contributed by atoms with Crippen molar-refractivity contribution in [2.45, 2.75) is 6.54 Å². The zero-order chi connectivity index (χ0) is 15.9. The second-order valence-electron chi connectivity index (χ2n) is 4.82. The molecule has 0 bridgehead atoms. The first-order chi connectivity index (χ1) is 10.5. The average Bonchev–Trinajstić information content (AvgIpc) is 2.80. The molecule has 7 heteroatoms. The molecule has 22 heavy (non-hydrogen) atoms. The molecular weight excluding hydrogens is 309 g/mol. The van der Waals surface area contributed by atoms with Gasteiger partial charge in [-0.25, -0.2) is 9.18 Å². The number of benzene rings is 2. The lowest BCUT2D eigenvalue weighted by Gasteiger charge is -2.06. The lowest BCUT2D eigenvalue weighted by molar-refractivity contribution is 0.0691. The molecule has 0 aliphatic rings. The summed E-state index contributed by atoms with van der Waals surface area (Å²) in [5.74, 6) is -1.56. The topological polar surface area (TPSA) is 81.1 Å². The summed E-state index contributed by atoms with van der Waals surface area (Å²) in [7, 11) is 0. The molecule has 0 amide bonds. The molecule has 0 saturated carbocycles. The van der Waals surface area contributed by atoms with Crippen LogP contribution in [0.25, 0.3) is 10.9 Å². The predicted octanol–water partition coefficient (Wildman–Crippen LogP) is 3.16. The van der Waals surface area contributed by atoms with Gasteiger partial charge < -0.3 is 10.8 Å². The van der Waals surface area contributed by atoms with E-state index in [0.29, 0.717) is 22.2 Å². The zero-order valence-corrected chi connectivity index (χ0v) is 12.0. The number of carboxylic acids is 1. The number of aromatic carboxylic acids is 1. The number of anilines is 1. The van der Waals surface area contributed by atoms with Crippen LogP contribution in [0.5, 0.6) is 0 Å². The van der Waals surface area contributed by atoms with E-state index in [0.717, 1.165) is 0 Å². The maximum atomic E-state index is 13.1. The summed E-state index contributed by atoms with van der Waals surface area (Å²) in [5.41, 5.74) is 7.40. The van der Waals surface area contributed by atoms with Crippen molar-refractivity contribution in [3.05, 3.63) is 58.5 Å². The van der Waals surface area contributed by atoms with Crippen LogP contribution in [0.4, 0.5) is 10.1 Å². The highest BCUT2D eigenvalue weighted by Crippen LogP contribution is 2.24. The Balaban J connectivity index is 2.14. The molecule has 0 atom stereocenters. The first-order valence-electron chi connectivity index (χ1n) is 6.39. The van der Waals surface area contributed by atoms with Gasteiger partial charge in [0.15, 0.2) is 5.69 Å². The molecule has 1 heterocycles. The summed E-state index contributed by atoms with van der Waals surface area (Å²) in [4.78, 5) is 11.3. The van der Waals surface area contributed by atoms with Crippen molar-refractivity contribution in [1.29, 1.82) is 0 Å². The number of rotatable bonds is 3. The van der Waals surface area contributed by atoms with Crippen molar-refractivity contribution in [2.24, 2.45) is 0 Å². The maximum absolute atomic E-state index is 13.1. The van der Waals surface area contributed by atoms with Gasteiger partial charge in [-0.1, -0.05) is 17.7 Å². The number of halogens is 2. The molecule has 3 N–H and O–H groups in total. The number of nitrogens with two attached hydrogens (primary N) is 1. The monoisotopic (exact) mass is 319 g/mol. The van der Waals surface area contributed by atoms with Gasteiger partial charge in [-0.3, -0.25) is 4.68 Å². The van der Waals surface area contributed by atoms with E-state index in [2.05, 4.69) is 5.10 Å². The summed E-state index contributed by atoms with van der Waals surface area (Å²) in [6.07, 6.45) is 0. The number of carbonyl (C=O) groups is 1. The molecule has 0 aliphatic heterocycles. The molecule has 0 radical (unpaired) electrons. The molecule has 112 valence electrons. The molecule has 2 aromatic carbocycles. The van der Waals surface area contributed by atoms with E-state index in [1.165, 1.54) is 22.9 Å². The van der Waals surface area contributed by atoms with Crippen LogP contribution in [0.1, 0.15) is 16.1 Å². The minimum absolute atomic E-state index is 0.0618. The predicted molar refractivity (Wildman–Crippen MR) is 81.6 cm³/mol. The van der Waals surface area contributed by atoms with Crippen LogP contribution < -0.4 is 5.73 Å². The Morgan fingerprint density at radius 3 is 2.77 bits per heavy atom. The lowest BCUT2D eigenvalue weighted by atomic mass is 10.2. The van der Waals surface area contributed by atoms with Crippen molar-refractivity contribution in [1.82, 2.24) is 9.78 Å². The van der Waals surface area contributed by atoms with Gasteiger partial charge >= 0.3 is 5.97 Å². The maximum Gasteiger partial charge on any atom is 0.357 e. The number of hydrogen-bond acceptors (Lipinski definition) is 3. The van der Waals surface area contributed by atoms with Crippen LogP contribution >= 0.6 is 11.6 Å². The van der Waals surface area contributed by atoms with Gasteiger partial charge in [-0.05, 0) is 35.9 Å². The first kappa shape index (κ1) is 14.3. The number of nitrogens with zero attached hydrogens (tertiary/aromatic N) is 2. The molecular formula is C15H11ClFN3O2. The molecule has 3 aromatic rings. The summed E-state index contributed by atoms with van der Waals surface area (Å²) in [5, 5.41) is 14.1. The molecule has 3 rings (SSSR count). The van der Waals surface area contributed by atoms with Gasteiger partial charge in [0.1, 0.15) is 5.82 Å². The number of hydrogen-bond donors (Lipinski definition) is 2. The third kappa shape index (κ3) is 2.48. The van der Waals surface area contributed by atoms with Crippen LogP contribution in [-0.4, -0.2) is 20.9 Å². The van der Waals surface area contributed by atoms with Crippen LogP contribution in [-0.2, 0) is 6.54 Å². The summed E-state index contributed by atoms with van der Waals surface area (Å²) in [6.45, 7) is 0.215. The summed E-state index contributed by atoms with van der Waals surface area (Å²) >= 11 is 6.01. The molecule has 0 aliphatic carbocycles. The van der Waals surface area contributed by atoms with Crippen LogP contribution in [0.2, 0.25) is 5.02 Å². The van der Waals surface area contributed by atoms with Crippen molar-refractivity contribution in [3.8, 4) is 0 Å². The van der Waals surface area contributed by atoms with E-state index in [1.807, 2.05) is 0 Å². The van der Waals surface area contributed by atoms with Gasteiger partial charge in [0, 0.05) is 16.1 Å². The number of fused-ring (bicyclic) bond motifs is 1. The SMILES string of the molecule is Nc1ccc2c(C(=O)O)nn(Cc3ccc(F)cc3Cl)c2c1. The minimum Gasteiger partial charge on any atom is -0.476 e. The Bertz CT molecular complexity index is 892. The molecule has 0 fully saturated rings. The van der Waals surface area contributed by atoms with E-state index in [4.69, 9.17) is 17.3 Å². The van der Waals surface area contributed by atoms with Gasteiger partial charge in [0.05, 0.1) is 12.1 Å². The molecule has 0 spiro atoms. The Morgan fingerprint density at radius 2 is 2.09 bits per heavy atom.